The first-order valence-corrected chi connectivity index (χ1v) is 6.59. The van der Waals surface area contributed by atoms with Gasteiger partial charge in [-0.1, -0.05) is 24.6 Å². The Labute approximate surface area is 116 Å². The van der Waals surface area contributed by atoms with Crippen LogP contribution in [-0.4, -0.2) is 17.4 Å². The molecule has 1 aliphatic rings. The molecule has 1 unspecified atom stereocenters. The molecule has 1 aliphatic carbocycles. The first-order chi connectivity index (χ1) is 9.00. The summed E-state index contributed by atoms with van der Waals surface area (Å²) in [6.45, 7) is 2.61. The minimum absolute atomic E-state index is 0.0143. The largest absolute Gasteiger partial charge is 0.352 e. The van der Waals surface area contributed by atoms with E-state index in [9.17, 15) is 14.9 Å². The number of amides is 1. The fraction of sp³-hybridized carbons (Fsp3) is 0.462. The number of benzene rings is 1. The highest BCUT2D eigenvalue weighted by molar-refractivity contribution is 6.33. The molecule has 0 aromatic heterocycles. The third kappa shape index (κ3) is 3.23. The molecule has 0 aliphatic heterocycles. The van der Waals surface area contributed by atoms with Gasteiger partial charge < -0.3 is 5.32 Å². The second kappa shape index (κ2) is 5.57. The Balaban J connectivity index is 2.09. The summed E-state index contributed by atoms with van der Waals surface area (Å²) in [5.74, 6) is 0.638. The van der Waals surface area contributed by atoms with E-state index in [1.54, 1.807) is 0 Å². The van der Waals surface area contributed by atoms with Gasteiger partial charge >= 0.3 is 5.69 Å². The van der Waals surface area contributed by atoms with Crippen LogP contribution in [0.5, 0.6) is 0 Å². The van der Waals surface area contributed by atoms with Gasteiger partial charge in [0.15, 0.2) is 0 Å². The van der Waals surface area contributed by atoms with E-state index in [0.29, 0.717) is 18.4 Å². The van der Waals surface area contributed by atoms with Crippen LogP contribution in [0.15, 0.2) is 18.2 Å². The number of nitrogens with one attached hydrogen (secondary N) is 1. The van der Waals surface area contributed by atoms with Crippen LogP contribution < -0.4 is 5.32 Å². The maximum absolute atomic E-state index is 12.0. The Kier molecular flexibility index (Phi) is 4.04. The van der Waals surface area contributed by atoms with Gasteiger partial charge in [-0.2, -0.15) is 0 Å². The van der Waals surface area contributed by atoms with Gasteiger partial charge in [-0.3, -0.25) is 14.9 Å². The number of halogens is 1. The molecule has 1 atom stereocenters. The molecule has 0 bridgehead atoms. The van der Waals surface area contributed by atoms with Crippen LogP contribution in [0.1, 0.15) is 30.1 Å². The van der Waals surface area contributed by atoms with Crippen molar-refractivity contribution in [2.24, 2.45) is 11.8 Å². The summed E-state index contributed by atoms with van der Waals surface area (Å²) in [6.07, 6.45) is 2.41. The van der Waals surface area contributed by atoms with Crippen LogP contribution in [0, 0.1) is 22.0 Å². The van der Waals surface area contributed by atoms with E-state index in [-0.39, 0.29) is 16.3 Å². The van der Waals surface area contributed by atoms with Crippen LogP contribution in [0.3, 0.4) is 0 Å². The summed E-state index contributed by atoms with van der Waals surface area (Å²) >= 11 is 5.77. The first-order valence-electron chi connectivity index (χ1n) is 6.21. The average molecular weight is 283 g/mol. The van der Waals surface area contributed by atoms with Crippen molar-refractivity contribution >= 4 is 23.2 Å². The van der Waals surface area contributed by atoms with Crippen LogP contribution in [-0.2, 0) is 0 Å². The summed E-state index contributed by atoms with van der Waals surface area (Å²) in [7, 11) is 0. The summed E-state index contributed by atoms with van der Waals surface area (Å²) in [5, 5.41) is 13.7. The fourth-order valence-electron chi connectivity index (χ4n) is 2.06. The number of nitro benzene ring substituents is 1. The molecule has 5 nitrogen and oxygen atoms in total. The molecule has 0 spiro atoms. The Bertz CT molecular complexity index is 515. The lowest BCUT2D eigenvalue weighted by Crippen LogP contribution is -2.29. The van der Waals surface area contributed by atoms with E-state index in [4.69, 9.17) is 11.6 Å². The number of carbonyl (C=O) groups excluding carboxylic acids is 1. The van der Waals surface area contributed by atoms with Crippen molar-refractivity contribution in [2.45, 2.75) is 19.8 Å². The molecular weight excluding hydrogens is 268 g/mol. The van der Waals surface area contributed by atoms with Crippen molar-refractivity contribution in [3.05, 3.63) is 38.9 Å². The summed E-state index contributed by atoms with van der Waals surface area (Å²) in [4.78, 5) is 22.3. The van der Waals surface area contributed by atoms with Crippen LogP contribution in [0.2, 0.25) is 5.02 Å². The number of nitro groups is 1. The molecule has 2 rings (SSSR count). The predicted molar refractivity (Wildman–Crippen MR) is 72.3 cm³/mol. The normalized spacial score (nSPS) is 15.9. The van der Waals surface area contributed by atoms with Gasteiger partial charge in [-0.15, -0.1) is 0 Å². The van der Waals surface area contributed by atoms with Crippen molar-refractivity contribution in [3.8, 4) is 0 Å². The Hall–Kier alpha value is -1.62. The summed E-state index contributed by atoms with van der Waals surface area (Å²) < 4.78 is 0. The maximum Gasteiger partial charge on any atom is 0.300 e. The van der Waals surface area contributed by atoms with Crippen molar-refractivity contribution in [1.82, 2.24) is 5.32 Å². The van der Waals surface area contributed by atoms with Gasteiger partial charge in [0.25, 0.3) is 5.91 Å². The molecule has 6 heteroatoms. The smallest absolute Gasteiger partial charge is 0.300 e. The van der Waals surface area contributed by atoms with Gasteiger partial charge in [0.05, 0.1) is 4.92 Å². The van der Waals surface area contributed by atoms with E-state index < -0.39 is 10.8 Å². The quantitative estimate of drug-likeness (QED) is 0.666. The SMILES string of the molecule is CC(CNC(=O)c1cccc(Cl)c1[N+](=O)[O-])C1CC1. The second-order valence-electron chi connectivity index (χ2n) is 4.92. The zero-order chi connectivity index (χ0) is 14.0. The monoisotopic (exact) mass is 282 g/mol. The van der Waals surface area contributed by atoms with Crippen molar-refractivity contribution in [1.29, 1.82) is 0 Å². The van der Waals surface area contributed by atoms with Gasteiger partial charge in [-0.25, -0.2) is 0 Å². The molecule has 0 heterocycles. The molecule has 1 amide bonds. The molecule has 102 valence electrons. The maximum atomic E-state index is 12.0. The Morgan fingerprint density at radius 2 is 2.26 bits per heavy atom. The number of para-hydroxylation sites is 1. The van der Waals surface area contributed by atoms with Gasteiger partial charge in [0.1, 0.15) is 10.6 Å². The number of hydrogen-bond acceptors (Lipinski definition) is 3. The third-order valence-electron chi connectivity index (χ3n) is 3.43. The van der Waals surface area contributed by atoms with Crippen molar-refractivity contribution in [3.63, 3.8) is 0 Å². The number of carbonyl (C=O) groups is 1. The lowest BCUT2D eigenvalue weighted by molar-refractivity contribution is -0.385. The lowest BCUT2D eigenvalue weighted by Gasteiger charge is -2.11. The summed E-state index contributed by atoms with van der Waals surface area (Å²) in [6, 6.07) is 4.36. The highest BCUT2D eigenvalue weighted by atomic mass is 35.5. The third-order valence-corrected chi connectivity index (χ3v) is 3.73. The van der Waals surface area contributed by atoms with Gasteiger partial charge in [-0.05, 0) is 36.8 Å². The zero-order valence-corrected chi connectivity index (χ0v) is 11.3. The van der Waals surface area contributed by atoms with Crippen LogP contribution >= 0.6 is 11.6 Å². The van der Waals surface area contributed by atoms with E-state index >= 15 is 0 Å². The second-order valence-corrected chi connectivity index (χ2v) is 5.33. The highest BCUT2D eigenvalue weighted by Crippen LogP contribution is 2.36. The first kappa shape index (κ1) is 13.8. The van der Waals surface area contributed by atoms with Crippen molar-refractivity contribution in [2.75, 3.05) is 6.54 Å². The fourth-order valence-corrected chi connectivity index (χ4v) is 2.31. The molecule has 1 aromatic carbocycles. The van der Waals surface area contributed by atoms with E-state index in [2.05, 4.69) is 12.2 Å². The molecule has 0 saturated heterocycles. The number of nitrogens with zero attached hydrogens (tertiary/aromatic N) is 1. The standard InChI is InChI=1S/C13H15ClN2O3/c1-8(9-5-6-9)7-15-13(17)10-3-2-4-11(14)12(10)16(18)19/h2-4,8-9H,5-7H2,1H3,(H,15,17). The highest BCUT2D eigenvalue weighted by Gasteiger charge is 2.29. The van der Waals surface area contributed by atoms with Crippen LogP contribution in [0.4, 0.5) is 5.69 Å². The van der Waals surface area contributed by atoms with E-state index in [1.165, 1.54) is 31.0 Å². The van der Waals surface area contributed by atoms with Crippen LogP contribution in [0.25, 0.3) is 0 Å². The number of rotatable bonds is 5. The Morgan fingerprint density at radius 1 is 1.58 bits per heavy atom. The molecule has 1 aromatic rings. The minimum Gasteiger partial charge on any atom is -0.352 e. The van der Waals surface area contributed by atoms with Gasteiger partial charge in [0.2, 0.25) is 0 Å². The number of hydrogen-bond donors (Lipinski definition) is 1. The summed E-state index contributed by atoms with van der Waals surface area (Å²) in [5.41, 5.74) is -0.318. The minimum atomic E-state index is -0.623. The zero-order valence-electron chi connectivity index (χ0n) is 10.6. The molecule has 1 saturated carbocycles. The van der Waals surface area contributed by atoms with Crippen molar-refractivity contribution < 1.29 is 9.72 Å². The molecule has 1 N–H and O–H groups in total. The molecule has 19 heavy (non-hydrogen) atoms. The lowest BCUT2D eigenvalue weighted by atomic mass is 10.1. The molecule has 1 fully saturated rings. The van der Waals surface area contributed by atoms with Gasteiger partial charge in [0, 0.05) is 6.54 Å². The topological polar surface area (TPSA) is 72.2 Å². The predicted octanol–water partition coefficient (Wildman–Crippen LogP) is 3.02. The molecule has 0 radical (unpaired) electrons. The van der Waals surface area contributed by atoms with E-state index in [1.807, 2.05) is 0 Å². The Morgan fingerprint density at radius 3 is 2.84 bits per heavy atom. The average Bonchev–Trinajstić information content (AvgIpc) is 3.18. The molecular formula is C13H15ClN2O3. The van der Waals surface area contributed by atoms with E-state index in [0.717, 1.165) is 0 Å².